The molecule has 0 spiro atoms. The summed E-state index contributed by atoms with van der Waals surface area (Å²) in [5.41, 5.74) is 5.08. The second-order valence-corrected chi connectivity index (χ2v) is 6.83. The van der Waals surface area contributed by atoms with E-state index in [9.17, 15) is 4.79 Å². The van der Waals surface area contributed by atoms with E-state index in [4.69, 9.17) is 0 Å². The number of anilines is 2. The molecular weight excluding hydrogens is 360 g/mol. The molecule has 0 atom stereocenters. The maximum absolute atomic E-state index is 12.4. The van der Waals surface area contributed by atoms with Crippen LogP contribution in [0.1, 0.15) is 0 Å². The molecule has 1 heterocycles. The summed E-state index contributed by atoms with van der Waals surface area (Å²) < 4.78 is 1.94. The first-order valence-corrected chi connectivity index (χ1v) is 9.44. The number of hydrogen-bond donors (Lipinski definition) is 1. The number of nitrogens with one attached hydrogen (secondary N) is 1. The van der Waals surface area contributed by atoms with Crippen LogP contribution in [0.3, 0.4) is 0 Å². The Morgan fingerprint density at radius 3 is 2.28 bits per heavy atom. The van der Waals surface area contributed by atoms with Gasteiger partial charge in [0.15, 0.2) is 0 Å². The SMILES string of the molecule is CN(CC(=O)Nc1ccc(-c2ccccc2)cc1)c1ccc(-n2ccnc2)cc1. The Hall–Kier alpha value is -3.86. The molecule has 1 N–H and O–H groups in total. The summed E-state index contributed by atoms with van der Waals surface area (Å²) in [4.78, 5) is 18.4. The Balaban J connectivity index is 1.35. The van der Waals surface area contributed by atoms with Gasteiger partial charge in [0.2, 0.25) is 5.91 Å². The summed E-state index contributed by atoms with van der Waals surface area (Å²) in [7, 11) is 1.91. The van der Waals surface area contributed by atoms with E-state index in [-0.39, 0.29) is 12.5 Å². The molecule has 0 radical (unpaired) electrons. The van der Waals surface area contributed by atoms with Crippen molar-refractivity contribution in [3.8, 4) is 16.8 Å². The average molecular weight is 382 g/mol. The minimum absolute atomic E-state index is 0.0568. The van der Waals surface area contributed by atoms with E-state index < -0.39 is 0 Å². The van der Waals surface area contributed by atoms with Crippen molar-refractivity contribution in [3.63, 3.8) is 0 Å². The van der Waals surface area contributed by atoms with Gasteiger partial charge in [0.1, 0.15) is 0 Å². The van der Waals surface area contributed by atoms with Gasteiger partial charge in [-0.1, -0.05) is 42.5 Å². The van der Waals surface area contributed by atoms with Crippen molar-refractivity contribution in [1.29, 1.82) is 0 Å². The Labute approximate surface area is 170 Å². The molecule has 0 unspecified atom stereocenters. The molecule has 0 aliphatic heterocycles. The molecular formula is C24H22N4O. The number of imidazole rings is 1. The van der Waals surface area contributed by atoms with Crippen LogP contribution in [-0.4, -0.2) is 29.1 Å². The van der Waals surface area contributed by atoms with Crippen LogP contribution in [0.2, 0.25) is 0 Å². The van der Waals surface area contributed by atoms with Gasteiger partial charge in [-0.2, -0.15) is 0 Å². The molecule has 0 saturated carbocycles. The quantitative estimate of drug-likeness (QED) is 0.530. The largest absolute Gasteiger partial charge is 0.365 e. The number of nitrogens with zero attached hydrogens (tertiary/aromatic N) is 3. The van der Waals surface area contributed by atoms with Crippen LogP contribution in [0.25, 0.3) is 16.8 Å². The van der Waals surface area contributed by atoms with Gasteiger partial charge in [-0.05, 0) is 47.5 Å². The minimum Gasteiger partial charge on any atom is -0.365 e. The van der Waals surface area contributed by atoms with E-state index in [1.54, 1.807) is 12.5 Å². The van der Waals surface area contributed by atoms with Gasteiger partial charge in [0, 0.05) is 36.5 Å². The number of amides is 1. The number of hydrogen-bond acceptors (Lipinski definition) is 3. The highest BCUT2D eigenvalue weighted by molar-refractivity contribution is 5.94. The van der Waals surface area contributed by atoms with Crippen LogP contribution in [0.15, 0.2) is 97.6 Å². The summed E-state index contributed by atoms with van der Waals surface area (Å²) in [5, 5.41) is 2.96. The first-order chi connectivity index (χ1) is 14.2. The molecule has 144 valence electrons. The molecule has 3 aromatic carbocycles. The lowest BCUT2D eigenvalue weighted by Gasteiger charge is -2.19. The number of benzene rings is 3. The molecule has 1 aromatic heterocycles. The number of aromatic nitrogens is 2. The smallest absolute Gasteiger partial charge is 0.243 e. The van der Waals surface area contributed by atoms with Gasteiger partial charge < -0.3 is 14.8 Å². The second-order valence-electron chi connectivity index (χ2n) is 6.83. The third-order valence-corrected chi connectivity index (χ3v) is 4.75. The van der Waals surface area contributed by atoms with E-state index in [2.05, 4.69) is 22.4 Å². The number of carbonyl (C=O) groups is 1. The van der Waals surface area contributed by atoms with Crippen LogP contribution in [0.5, 0.6) is 0 Å². The molecule has 0 aliphatic rings. The zero-order valence-electron chi connectivity index (χ0n) is 16.2. The van der Waals surface area contributed by atoms with Gasteiger partial charge >= 0.3 is 0 Å². The Morgan fingerprint density at radius 2 is 1.62 bits per heavy atom. The van der Waals surface area contributed by atoms with Crippen molar-refractivity contribution in [1.82, 2.24) is 9.55 Å². The molecule has 4 rings (SSSR count). The molecule has 0 saturated heterocycles. The highest BCUT2D eigenvalue weighted by atomic mass is 16.2. The first kappa shape index (κ1) is 18.5. The van der Waals surface area contributed by atoms with E-state index in [1.165, 1.54) is 0 Å². The summed E-state index contributed by atoms with van der Waals surface area (Å²) in [6.07, 6.45) is 5.40. The topological polar surface area (TPSA) is 50.2 Å². The molecule has 0 aliphatic carbocycles. The molecule has 5 nitrogen and oxygen atoms in total. The normalized spacial score (nSPS) is 10.5. The van der Waals surface area contributed by atoms with Gasteiger partial charge in [-0.25, -0.2) is 4.98 Å². The summed E-state index contributed by atoms with van der Waals surface area (Å²) in [6.45, 7) is 0.269. The Morgan fingerprint density at radius 1 is 0.931 bits per heavy atom. The fourth-order valence-electron chi connectivity index (χ4n) is 3.17. The summed E-state index contributed by atoms with van der Waals surface area (Å²) in [6, 6.07) is 26.1. The van der Waals surface area contributed by atoms with Gasteiger partial charge in [-0.15, -0.1) is 0 Å². The fourth-order valence-corrected chi connectivity index (χ4v) is 3.17. The Bertz CT molecular complexity index is 1060. The van der Waals surface area contributed by atoms with E-state index in [0.717, 1.165) is 28.2 Å². The molecule has 0 fully saturated rings. The van der Waals surface area contributed by atoms with Crippen molar-refractivity contribution in [3.05, 3.63) is 97.6 Å². The van der Waals surface area contributed by atoms with Crippen molar-refractivity contribution in [2.75, 3.05) is 23.8 Å². The third-order valence-electron chi connectivity index (χ3n) is 4.75. The summed E-state index contributed by atoms with van der Waals surface area (Å²) >= 11 is 0. The predicted molar refractivity (Wildman–Crippen MR) is 117 cm³/mol. The monoisotopic (exact) mass is 382 g/mol. The molecule has 5 heteroatoms. The van der Waals surface area contributed by atoms with Crippen molar-refractivity contribution >= 4 is 17.3 Å². The second kappa shape index (κ2) is 8.44. The van der Waals surface area contributed by atoms with Crippen molar-refractivity contribution in [2.24, 2.45) is 0 Å². The first-order valence-electron chi connectivity index (χ1n) is 9.44. The number of likely N-dealkylation sites (N-methyl/N-ethyl adjacent to an activating group) is 1. The average Bonchev–Trinajstić information content (AvgIpc) is 3.30. The number of rotatable bonds is 6. The zero-order chi connectivity index (χ0) is 20.1. The van der Waals surface area contributed by atoms with Crippen molar-refractivity contribution in [2.45, 2.75) is 0 Å². The lowest BCUT2D eigenvalue weighted by atomic mass is 10.1. The summed E-state index contributed by atoms with van der Waals surface area (Å²) in [5.74, 6) is -0.0568. The zero-order valence-corrected chi connectivity index (χ0v) is 16.2. The molecule has 4 aromatic rings. The van der Waals surface area contributed by atoms with E-state index in [1.807, 2.05) is 89.4 Å². The highest BCUT2D eigenvalue weighted by Gasteiger charge is 2.09. The Kier molecular flexibility index (Phi) is 5.38. The van der Waals surface area contributed by atoms with Crippen LogP contribution < -0.4 is 10.2 Å². The lowest BCUT2D eigenvalue weighted by molar-refractivity contribution is -0.114. The lowest BCUT2D eigenvalue weighted by Crippen LogP contribution is -2.30. The van der Waals surface area contributed by atoms with Gasteiger partial charge in [-0.3, -0.25) is 4.79 Å². The molecule has 29 heavy (non-hydrogen) atoms. The third kappa shape index (κ3) is 4.52. The standard InChI is InChI=1S/C24H22N4O/c1-27(22-11-13-23(14-12-22)28-16-15-25-18-28)17-24(29)26-21-9-7-20(8-10-21)19-5-3-2-4-6-19/h2-16,18H,17H2,1H3,(H,26,29). The molecule has 0 bridgehead atoms. The van der Waals surface area contributed by atoms with Crippen LogP contribution in [0.4, 0.5) is 11.4 Å². The van der Waals surface area contributed by atoms with Crippen LogP contribution >= 0.6 is 0 Å². The van der Waals surface area contributed by atoms with Crippen LogP contribution in [-0.2, 0) is 4.79 Å². The fraction of sp³-hybridized carbons (Fsp3) is 0.0833. The van der Waals surface area contributed by atoms with E-state index in [0.29, 0.717) is 0 Å². The highest BCUT2D eigenvalue weighted by Crippen LogP contribution is 2.21. The van der Waals surface area contributed by atoms with Gasteiger partial charge in [0.25, 0.3) is 0 Å². The van der Waals surface area contributed by atoms with Crippen LogP contribution in [0, 0.1) is 0 Å². The number of carbonyl (C=O) groups excluding carboxylic acids is 1. The maximum atomic E-state index is 12.4. The maximum Gasteiger partial charge on any atom is 0.243 e. The van der Waals surface area contributed by atoms with Crippen molar-refractivity contribution < 1.29 is 4.79 Å². The van der Waals surface area contributed by atoms with E-state index >= 15 is 0 Å². The van der Waals surface area contributed by atoms with Gasteiger partial charge in [0.05, 0.1) is 12.9 Å². The predicted octanol–water partition coefficient (Wildman–Crippen LogP) is 4.61. The minimum atomic E-state index is -0.0568. The molecule has 1 amide bonds.